The number of nitrogens with one attached hydrogen (secondary N) is 1. The smallest absolute Gasteiger partial charge is 0.410 e. The minimum Gasteiger partial charge on any atom is -0.439 e. The van der Waals surface area contributed by atoms with E-state index < -0.39 is 6.09 Å². The number of anilines is 1. The fraction of sp³-hybridized carbons (Fsp3) is 0.526. The molecule has 3 saturated heterocycles. The van der Waals surface area contributed by atoms with Gasteiger partial charge in [-0.2, -0.15) is 0 Å². The molecule has 0 bridgehead atoms. The summed E-state index contributed by atoms with van der Waals surface area (Å²) in [4.78, 5) is 57.3. The molecule has 7 rings (SSSR count). The molecule has 12 nitrogen and oxygen atoms in total. The van der Waals surface area contributed by atoms with Crippen molar-refractivity contribution >= 4 is 34.6 Å². The maximum atomic E-state index is 12.8. The first-order chi connectivity index (χ1) is 24.2. The largest absolute Gasteiger partial charge is 0.439 e. The number of piperidine rings is 1. The van der Waals surface area contributed by atoms with Crippen LogP contribution in [0.1, 0.15) is 42.4 Å². The normalized spacial score (nSPS) is 19.3. The fourth-order valence-electron chi connectivity index (χ4n) is 7.75. The molecule has 0 aliphatic carbocycles. The molecule has 12 heteroatoms. The molecule has 4 aliphatic heterocycles. The standard InChI is InChI=1S/C26H37N5O5.C12H13NO/c32-24(29-15-13-28(14-16-29)21-8-17-35-18-9-21)19-36-26(34)30-10-6-22(7-11-30)31-12-5-20-3-1-2-4-23(20)27-25(31)33;1-8-6-9(2)12-10(7-8)4-5-11(14)13(12)3/h1-4,21-22H,5-19H2,(H,27,33);4-7H,1-3H3. The number of fused-ring (bicyclic) bond motifs is 2. The van der Waals surface area contributed by atoms with Gasteiger partial charge >= 0.3 is 12.1 Å². The minimum absolute atomic E-state index is 0.0458. The first-order valence-electron chi connectivity index (χ1n) is 17.9. The zero-order valence-electron chi connectivity index (χ0n) is 29.6. The van der Waals surface area contributed by atoms with Crippen LogP contribution in [0.2, 0.25) is 0 Å². The summed E-state index contributed by atoms with van der Waals surface area (Å²) in [7, 11) is 1.81. The van der Waals surface area contributed by atoms with Gasteiger partial charge in [0.15, 0.2) is 6.61 Å². The first kappa shape index (κ1) is 35.4. The monoisotopic (exact) mass is 686 g/mol. The summed E-state index contributed by atoms with van der Waals surface area (Å²) in [5.41, 5.74) is 5.48. The maximum Gasteiger partial charge on any atom is 0.410 e. The second-order valence-corrected chi connectivity index (χ2v) is 13.8. The van der Waals surface area contributed by atoms with Crippen LogP contribution in [0.25, 0.3) is 10.9 Å². The third-order valence-electron chi connectivity index (χ3n) is 10.5. The molecule has 268 valence electrons. The predicted molar refractivity (Wildman–Crippen MR) is 192 cm³/mol. The van der Waals surface area contributed by atoms with E-state index >= 15 is 0 Å². The zero-order valence-corrected chi connectivity index (χ0v) is 29.6. The summed E-state index contributed by atoms with van der Waals surface area (Å²) in [5.74, 6) is -0.134. The van der Waals surface area contributed by atoms with Crippen LogP contribution in [0.4, 0.5) is 15.3 Å². The Labute approximate surface area is 293 Å². The highest BCUT2D eigenvalue weighted by molar-refractivity contribution is 5.91. The number of benzene rings is 2. The number of amides is 4. The van der Waals surface area contributed by atoms with Gasteiger partial charge in [-0.05, 0) is 80.7 Å². The Morgan fingerprint density at radius 2 is 1.56 bits per heavy atom. The molecule has 3 aromatic rings. The van der Waals surface area contributed by atoms with Crippen molar-refractivity contribution in [1.82, 2.24) is 24.2 Å². The summed E-state index contributed by atoms with van der Waals surface area (Å²) >= 11 is 0. The SMILES string of the molecule is Cc1cc(C)c2c(ccc(=O)n2C)c1.O=C(COC(=O)N1CCC(N2CCc3ccccc3NC2=O)CC1)N1CCN(C2CCOCC2)CC1. The van der Waals surface area contributed by atoms with Crippen LogP contribution < -0.4 is 10.9 Å². The Kier molecular flexibility index (Phi) is 11.4. The molecule has 0 radical (unpaired) electrons. The maximum absolute atomic E-state index is 12.8. The molecule has 2 aromatic carbocycles. The van der Waals surface area contributed by atoms with E-state index in [9.17, 15) is 19.2 Å². The number of carbonyl (C=O) groups is 3. The van der Waals surface area contributed by atoms with Crippen LogP contribution >= 0.6 is 0 Å². The summed E-state index contributed by atoms with van der Waals surface area (Å²) in [6, 6.07) is 16.1. The van der Waals surface area contributed by atoms with Gasteiger partial charge < -0.3 is 34.1 Å². The summed E-state index contributed by atoms with van der Waals surface area (Å²) < 4.78 is 12.5. The van der Waals surface area contributed by atoms with Crippen molar-refractivity contribution in [3.63, 3.8) is 0 Å². The van der Waals surface area contributed by atoms with E-state index in [1.54, 1.807) is 20.4 Å². The van der Waals surface area contributed by atoms with Gasteiger partial charge in [-0.1, -0.05) is 29.8 Å². The predicted octanol–water partition coefficient (Wildman–Crippen LogP) is 4.16. The Bertz CT molecular complexity index is 1740. The van der Waals surface area contributed by atoms with E-state index in [0.29, 0.717) is 51.6 Å². The van der Waals surface area contributed by atoms with Crippen LogP contribution in [0.15, 0.2) is 53.3 Å². The fourth-order valence-corrected chi connectivity index (χ4v) is 7.75. The van der Waals surface area contributed by atoms with Gasteiger partial charge in [0.2, 0.25) is 0 Å². The number of aryl methyl sites for hydroxylation is 3. The van der Waals surface area contributed by atoms with Crippen molar-refractivity contribution in [2.24, 2.45) is 7.05 Å². The molecule has 1 N–H and O–H groups in total. The number of para-hydroxylation sites is 1. The highest BCUT2D eigenvalue weighted by atomic mass is 16.6. The highest BCUT2D eigenvalue weighted by Gasteiger charge is 2.33. The molecular weight excluding hydrogens is 636 g/mol. The Hall–Kier alpha value is -4.42. The van der Waals surface area contributed by atoms with Gasteiger partial charge in [-0.3, -0.25) is 14.5 Å². The molecule has 50 heavy (non-hydrogen) atoms. The second-order valence-electron chi connectivity index (χ2n) is 13.8. The van der Waals surface area contributed by atoms with E-state index in [1.165, 1.54) is 5.56 Å². The summed E-state index contributed by atoms with van der Waals surface area (Å²) in [5, 5.41) is 4.15. The van der Waals surface area contributed by atoms with Crippen molar-refractivity contribution in [3.8, 4) is 0 Å². The molecule has 4 amide bonds. The molecule has 3 fully saturated rings. The van der Waals surface area contributed by atoms with Gasteiger partial charge in [0.05, 0.1) is 5.52 Å². The number of piperazine rings is 1. The molecule has 0 saturated carbocycles. The average molecular weight is 687 g/mol. The van der Waals surface area contributed by atoms with Crippen LogP contribution in [0, 0.1) is 13.8 Å². The first-order valence-corrected chi connectivity index (χ1v) is 17.9. The number of urea groups is 1. The number of hydrogen-bond donors (Lipinski definition) is 1. The quantitative estimate of drug-likeness (QED) is 0.439. The third kappa shape index (κ3) is 8.30. The van der Waals surface area contributed by atoms with Crippen molar-refractivity contribution in [2.75, 3.05) is 71.0 Å². The van der Waals surface area contributed by atoms with Gasteiger partial charge in [0.1, 0.15) is 0 Å². The lowest BCUT2D eigenvalue weighted by Gasteiger charge is -2.40. The van der Waals surface area contributed by atoms with E-state index in [-0.39, 0.29) is 30.1 Å². The molecule has 0 atom stereocenters. The number of pyridine rings is 1. The van der Waals surface area contributed by atoms with E-state index in [4.69, 9.17) is 9.47 Å². The van der Waals surface area contributed by atoms with Crippen molar-refractivity contribution < 1.29 is 23.9 Å². The molecule has 0 unspecified atom stereocenters. The van der Waals surface area contributed by atoms with E-state index in [2.05, 4.69) is 29.3 Å². The Balaban J connectivity index is 0.000000257. The van der Waals surface area contributed by atoms with Gasteiger partial charge in [-0.25, -0.2) is 9.59 Å². The Morgan fingerprint density at radius 3 is 2.30 bits per heavy atom. The summed E-state index contributed by atoms with van der Waals surface area (Å²) in [6.07, 6.45) is 3.86. The summed E-state index contributed by atoms with van der Waals surface area (Å²) in [6.45, 7) is 10.2. The van der Waals surface area contributed by atoms with E-state index in [0.717, 1.165) is 73.3 Å². The minimum atomic E-state index is -0.449. The van der Waals surface area contributed by atoms with Crippen LogP contribution in [-0.2, 0) is 27.7 Å². The topological polar surface area (TPSA) is 117 Å². The number of ether oxygens (including phenoxy) is 2. The highest BCUT2D eigenvalue weighted by Crippen LogP contribution is 2.25. The van der Waals surface area contributed by atoms with Gasteiger partial charge in [-0.15, -0.1) is 0 Å². The second kappa shape index (κ2) is 16.1. The number of likely N-dealkylation sites (tertiary alicyclic amines) is 1. The van der Waals surface area contributed by atoms with Crippen molar-refractivity contribution in [2.45, 2.75) is 58.0 Å². The average Bonchev–Trinajstić information content (AvgIpc) is 3.30. The molecular formula is C38H50N6O6. The lowest BCUT2D eigenvalue weighted by molar-refractivity contribution is -0.137. The van der Waals surface area contributed by atoms with Crippen LogP contribution in [0.3, 0.4) is 0 Å². The van der Waals surface area contributed by atoms with Crippen molar-refractivity contribution in [3.05, 3.63) is 75.6 Å². The number of rotatable bonds is 4. The van der Waals surface area contributed by atoms with E-state index in [1.807, 2.05) is 49.2 Å². The van der Waals surface area contributed by atoms with Crippen LogP contribution in [0.5, 0.6) is 0 Å². The molecule has 4 aliphatic rings. The number of carbonyl (C=O) groups excluding carboxylic acids is 3. The number of hydrogen-bond acceptors (Lipinski definition) is 7. The molecule has 5 heterocycles. The molecule has 0 spiro atoms. The lowest BCUT2D eigenvalue weighted by Crippen LogP contribution is -2.54. The number of aromatic nitrogens is 1. The van der Waals surface area contributed by atoms with Gasteiger partial charge in [0.25, 0.3) is 11.5 Å². The Morgan fingerprint density at radius 1 is 0.840 bits per heavy atom. The number of nitrogens with zero attached hydrogens (tertiary/aromatic N) is 5. The molecule has 1 aromatic heterocycles. The zero-order chi connectivity index (χ0) is 35.2. The van der Waals surface area contributed by atoms with Crippen LogP contribution in [-0.4, -0.2) is 120 Å². The third-order valence-corrected chi connectivity index (χ3v) is 10.5. The van der Waals surface area contributed by atoms with Crippen molar-refractivity contribution in [1.29, 1.82) is 0 Å². The lowest BCUT2D eigenvalue weighted by atomic mass is 10.0. The van der Waals surface area contributed by atoms with Gasteiger partial charge in [0, 0.05) is 89.9 Å².